The lowest BCUT2D eigenvalue weighted by Crippen LogP contribution is -2.38. The number of fused-ring (bicyclic) bond motifs is 3. The molecule has 5 nitrogen and oxygen atoms in total. The summed E-state index contributed by atoms with van der Waals surface area (Å²) in [5.41, 5.74) is 1.05. The van der Waals surface area contributed by atoms with Gasteiger partial charge in [-0.15, -0.1) is 0 Å². The Labute approximate surface area is 124 Å². The smallest absolute Gasteiger partial charge is 0.132 e. The van der Waals surface area contributed by atoms with E-state index >= 15 is 0 Å². The third-order valence-electron chi connectivity index (χ3n) is 4.83. The Morgan fingerprint density at radius 3 is 3.05 bits per heavy atom. The number of piperidine rings is 1. The summed E-state index contributed by atoms with van der Waals surface area (Å²) in [7, 11) is 1.71. The number of benzene rings is 1. The van der Waals surface area contributed by atoms with Gasteiger partial charge in [0.15, 0.2) is 0 Å². The second-order valence-electron chi connectivity index (χ2n) is 6.07. The minimum Gasteiger partial charge on any atom is -0.497 e. The molecule has 0 saturated carbocycles. The van der Waals surface area contributed by atoms with E-state index in [2.05, 4.69) is 27.4 Å². The third kappa shape index (κ3) is 2.16. The first kappa shape index (κ1) is 13.0. The van der Waals surface area contributed by atoms with Crippen LogP contribution in [0.15, 0.2) is 18.2 Å². The van der Waals surface area contributed by atoms with Crippen molar-refractivity contribution in [3.63, 3.8) is 0 Å². The number of rotatable bonds is 2. The molecule has 1 fully saturated rings. The van der Waals surface area contributed by atoms with Crippen LogP contribution in [-0.4, -0.2) is 36.5 Å². The Kier molecular flexibility index (Phi) is 3.22. The molecule has 0 aliphatic carbocycles. The highest BCUT2D eigenvalue weighted by atomic mass is 16.5. The van der Waals surface area contributed by atoms with Crippen molar-refractivity contribution >= 4 is 16.7 Å². The number of ether oxygens (including phenoxy) is 1. The summed E-state index contributed by atoms with van der Waals surface area (Å²) in [5, 5.41) is 13.1. The van der Waals surface area contributed by atoms with Crippen LogP contribution in [0.25, 0.3) is 10.9 Å². The molecular weight excluding hydrogens is 264 g/mol. The van der Waals surface area contributed by atoms with Gasteiger partial charge in [-0.1, -0.05) is 0 Å². The van der Waals surface area contributed by atoms with Gasteiger partial charge in [0.05, 0.1) is 18.7 Å². The normalized spacial score (nSPS) is 25.4. The molecule has 2 N–H and O–H groups in total. The fourth-order valence-corrected chi connectivity index (χ4v) is 3.73. The van der Waals surface area contributed by atoms with Crippen LogP contribution in [0.4, 0.5) is 5.82 Å². The van der Waals surface area contributed by atoms with Crippen LogP contribution in [0, 0.1) is 5.92 Å². The number of methoxy groups -OCH3 is 1. The quantitative estimate of drug-likeness (QED) is 0.890. The second-order valence-corrected chi connectivity index (χ2v) is 6.07. The molecule has 1 aromatic heterocycles. The fraction of sp³-hybridized carbons (Fsp3) is 0.562. The van der Waals surface area contributed by atoms with Crippen molar-refractivity contribution in [2.45, 2.75) is 25.3 Å². The summed E-state index contributed by atoms with van der Waals surface area (Å²) in [6.07, 6.45) is 3.74. The van der Waals surface area contributed by atoms with Crippen molar-refractivity contribution in [2.75, 3.05) is 32.1 Å². The second kappa shape index (κ2) is 5.22. The molecule has 4 rings (SSSR count). The van der Waals surface area contributed by atoms with Crippen molar-refractivity contribution in [3.05, 3.63) is 18.2 Å². The molecule has 0 bridgehead atoms. The van der Waals surface area contributed by atoms with Gasteiger partial charge in [0.2, 0.25) is 0 Å². The van der Waals surface area contributed by atoms with Crippen molar-refractivity contribution in [2.24, 2.45) is 5.92 Å². The molecule has 0 spiro atoms. The van der Waals surface area contributed by atoms with Gasteiger partial charge < -0.3 is 15.4 Å². The largest absolute Gasteiger partial charge is 0.497 e. The molecule has 2 atom stereocenters. The van der Waals surface area contributed by atoms with Gasteiger partial charge in [-0.2, -0.15) is 5.10 Å². The predicted octanol–water partition coefficient (Wildman–Crippen LogP) is 2.40. The number of nitrogens with one attached hydrogen (secondary N) is 2. The zero-order valence-electron chi connectivity index (χ0n) is 12.4. The fourth-order valence-electron chi connectivity index (χ4n) is 3.73. The van der Waals surface area contributed by atoms with E-state index in [9.17, 15) is 0 Å². The van der Waals surface area contributed by atoms with Gasteiger partial charge in [0, 0.05) is 11.9 Å². The zero-order valence-corrected chi connectivity index (χ0v) is 12.4. The SMILES string of the molecule is COc1ccc2nn3c(c2c1)NCCC3C1CCCNC1. The van der Waals surface area contributed by atoms with E-state index < -0.39 is 0 Å². The topological polar surface area (TPSA) is 51.1 Å². The third-order valence-corrected chi connectivity index (χ3v) is 4.83. The number of anilines is 1. The summed E-state index contributed by atoms with van der Waals surface area (Å²) in [4.78, 5) is 0. The molecule has 1 aromatic carbocycles. The van der Waals surface area contributed by atoms with Gasteiger partial charge >= 0.3 is 0 Å². The molecule has 3 heterocycles. The van der Waals surface area contributed by atoms with Crippen LogP contribution < -0.4 is 15.4 Å². The molecule has 1 saturated heterocycles. The first-order valence-electron chi connectivity index (χ1n) is 7.87. The molecule has 2 aliphatic rings. The summed E-state index contributed by atoms with van der Waals surface area (Å²) in [5.74, 6) is 2.74. The Bertz CT molecular complexity index is 645. The van der Waals surface area contributed by atoms with Gasteiger partial charge in [-0.3, -0.25) is 0 Å². The maximum atomic E-state index is 5.35. The minimum absolute atomic E-state index is 0.507. The zero-order chi connectivity index (χ0) is 14.2. The van der Waals surface area contributed by atoms with Gasteiger partial charge in [0.1, 0.15) is 11.6 Å². The highest BCUT2D eigenvalue weighted by molar-refractivity contribution is 5.91. The van der Waals surface area contributed by atoms with E-state index in [1.807, 2.05) is 6.07 Å². The van der Waals surface area contributed by atoms with Crippen molar-refractivity contribution in [1.29, 1.82) is 0 Å². The van der Waals surface area contributed by atoms with Crippen molar-refractivity contribution in [1.82, 2.24) is 15.1 Å². The first-order chi connectivity index (χ1) is 10.4. The number of hydrogen-bond donors (Lipinski definition) is 2. The average molecular weight is 286 g/mol. The highest BCUT2D eigenvalue weighted by Gasteiger charge is 2.30. The monoisotopic (exact) mass is 286 g/mol. The van der Waals surface area contributed by atoms with E-state index in [1.165, 1.54) is 18.2 Å². The lowest BCUT2D eigenvalue weighted by Gasteiger charge is -2.34. The molecule has 2 aliphatic heterocycles. The van der Waals surface area contributed by atoms with Crippen LogP contribution in [-0.2, 0) is 0 Å². The van der Waals surface area contributed by atoms with Crippen LogP contribution in [0.1, 0.15) is 25.3 Å². The summed E-state index contributed by atoms with van der Waals surface area (Å²) >= 11 is 0. The molecule has 2 aromatic rings. The number of aromatic nitrogens is 2. The van der Waals surface area contributed by atoms with E-state index in [0.717, 1.165) is 43.1 Å². The lowest BCUT2D eigenvalue weighted by molar-refractivity contribution is 0.237. The average Bonchev–Trinajstić information content (AvgIpc) is 2.93. The highest BCUT2D eigenvalue weighted by Crippen LogP contribution is 2.37. The Hall–Kier alpha value is -1.75. The van der Waals surface area contributed by atoms with Crippen molar-refractivity contribution in [3.8, 4) is 5.75 Å². The Morgan fingerprint density at radius 2 is 2.24 bits per heavy atom. The number of hydrogen-bond acceptors (Lipinski definition) is 4. The van der Waals surface area contributed by atoms with Crippen LogP contribution in [0.2, 0.25) is 0 Å². The van der Waals surface area contributed by atoms with E-state index in [4.69, 9.17) is 9.84 Å². The standard InChI is InChI=1S/C16H22N4O/c1-21-12-4-5-14-13(9-12)16-18-8-6-15(20(16)19-14)11-3-2-7-17-10-11/h4-5,9,11,15,17-18H,2-3,6-8,10H2,1H3. The summed E-state index contributed by atoms with van der Waals surface area (Å²) in [6.45, 7) is 3.30. The van der Waals surface area contributed by atoms with Gasteiger partial charge in [-0.05, 0) is 56.5 Å². The predicted molar refractivity (Wildman–Crippen MR) is 84.0 cm³/mol. The Balaban J connectivity index is 1.76. The van der Waals surface area contributed by atoms with Gasteiger partial charge in [-0.25, -0.2) is 4.68 Å². The molecule has 2 unspecified atom stereocenters. The molecule has 0 radical (unpaired) electrons. The maximum Gasteiger partial charge on any atom is 0.132 e. The lowest BCUT2D eigenvalue weighted by atomic mass is 9.89. The van der Waals surface area contributed by atoms with Crippen LogP contribution in [0.5, 0.6) is 5.75 Å². The van der Waals surface area contributed by atoms with Crippen LogP contribution in [0.3, 0.4) is 0 Å². The molecule has 5 heteroatoms. The van der Waals surface area contributed by atoms with E-state index in [1.54, 1.807) is 7.11 Å². The first-order valence-corrected chi connectivity index (χ1v) is 7.87. The maximum absolute atomic E-state index is 5.35. The van der Waals surface area contributed by atoms with E-state index in [-0.39, 0.29) is 0 Å². The van der Waals surface area contributed by atoms with Crippen molar-refractivity contribution < 1.29 is 4.74 Å². The summed E-state index contributed by atoms with van der Waals surface area (Å²) < 4.78 is 7.58. The van der Waals surface area contributed by atoms with Crippen LogP contribution >= 0.6 is 0 Å². The molecule has 112 valence electrons. The van der Waals surface area contributed by atoms with E-state index in [0.29, 0.717) is 12.0 Å². The molecule has 0 amide bonds. The Morgan fingerprint density at radius 1 is 1.29 bits per heavy atom. The minimum atomic E-state index is 0.507. The molecular formula is C16H22N4O. The molecule has 21 heavy (non-hydrogen) atoms. The van der Waals surface area contributed by atoms with Gasteiger partial charge in [0.25, 0.3) is 0 Å². The summed E-state index contributed by atoms with van der Waals surface area (Å²) in [6, 6.07) is 6.63. The number of nitrogens with zero attached hydrogens (tertiary/aromatic N) is 2.